The van der Waals surface area contributed by atoms with E-state index in [1.54, 1.807) is 16.2 Å². The average Bonchev–Trinajstić information content (AvgIpc) is 3.22. The van der Waals surface area contributed by atoms with Gasteiger partial charge in [-0.05, 0) is 29.8 Å². The van der Waals surface area contributed by atoms with Gasteiger partial charge in [0.05, 0.1) is 23.3 Å². The number of fused-ring (bicyclic) bond motifs is 2. The summed E-state index contributed by atoms with van der Waals surface area (Å²) in [5.74, 6) is 1.68. The van der Waals surface area contributed by atoms with E-state index >= 15 is 0 Å². The molecule has 0 atom stereocenters. The van der Waals surface area contributed by atoms with E-state index in [2.05, 4.69) is 28.0 Å². The first-order valence-electron chi connectivity index (χ1n) is 11.1. The van der Waals surface area contributed by atoms with Crippen molar-refractivity contribution >= 4 is 27.5 Å². The number of amides is 1. The number of thiazole rings is 1. The SMILES string of the molecule is CN(Cc1ccc2c(c1)OCCO2)C(=O)CN1CCN(Cc2nc3ccccc3s2)CC1. The van der Waals surface area contributed by atoms with Gasteiger partial charge in [0, 0.05) is 39.8 Å². The van der Waals surface area contributed by atoms with Crippen molar-refractivity contribution in [2.24, 2.45) is 0 Å². The van der Waals surface area contributed by atoms with Crippen LogP contribution in [-0.2, 0) is 17.9 Å². The number of hydrogen-bond donors (Lipinski definition) is 0. The number of nitrogens with zero attached hydrogens (tertiary/aromatic N) is 4. The summed E-state index contributed by atoms with van der Waals surface area (Å²) in [6, 6.07) is 14.2. The van der Waals surface area contributed by atoms with Crippen molar-refractivity contribution in [3.63, 3.8) is 0 Å². The maximum Gasteiger partial charge on any atom is 0.236 e. The summed E-state index contributed by atoms with van der Waals surface area (Å²) in [7, 11) is 1.86. The van der Waals surface area contributed by atoms with Crippen molar-refractivity contribution in [3.05, 3.63) is 53.0 Å². The Bertz CT molecular complexity index is 1060. The zero-order valence-corrected chi connectivity index (χ0v) is 19.1. The van der Waals surface area contributed by atoms with Gasteiger partial charge in [-0.25, -0.2) is 4.98 Å². The highest BCUT2D eigenvalue weighted by molar-refractivity contribution is 7.18. The number of ether oxygens (including phenoxy) is 2. The summed E-state index contributed by atoms with van der Waals surface area (Å²) in [4.78, 5) is 24.0. The van der Waals surface area contributed by atoms with Gasteiger partial charge in [0.15, 0.2) is 11.5 Å². The normalized spacial score (nSPS) is 16.9. The molecular weight excluding hydrogens is 424 g/mol. The molecule has 2 aliphatic heterocycles. The van der Waals surface area contributed by atoms with Crippen molar-refractivity contribution in [3.8, 4) is 11.5 Å². The number of aromatic nitrogens is 1. The first kappa shape index (κ1) is 21.2. The van der Waals surface area contributed by atoms with E-state index in [9.17, 15) is 4.79 Å². The molecule has 7 nitrogen and oxygen atoms in total. The number of para-hydroxylation sites is 1. The van der Waals surface area contributed by atoms with Crippen LogP contribution in [-0.4, -0.2) is 78.6 Å². The van der Waals surface area contributed by atoms with Crippen LogP contribution in [0.1, 0.15) is 10.6 Å². The van der Waals surface area contributed by atoms with Crippen molar-refractivity contribution in [1.29, 1.82) is 0 Å². The Kier molecular flexibility index (Phi) is 6.25. The monoisotopic (exact) mass is 452 g/mol. The van der Waals surface area contributed by atoms with Gasteiger partial charge in [-0.15, -0.1) is 11.3 Å². The Balaban J connectivity index is 1.09. The maximum absolute atomic E-state index is 12.8. The molecule has 8 heteroatoms. The highest BCUT2D eigenvalue weighted by Crippen LogP contribution is 2.31. The van der Waals surface area contributed by atoms with Crippen LogP contribution in [0.25, 0.3) is 10.2 Å². The summed E-state index contributed by atoms with van der Waals surface area (Å²) >= 11 is 1.77. The van der Waals surface area contributed by atoms with Gasteiger partial charge >= 0.3 is 0 Å². The number of benzene rings is 2. The molecule has 0 unspecified atom stereocenters. The van der Waals surface area contributed by atoms with Crippen molar-refractivity contribution in [2.75, 3.05) is 53.0 Å². The van der Waals surface area contributed by atoms with E-state index in [0.717, 1.165) is 60.3 Å². The number of carbonyl (C=O) groups is 1. The summed E-state index contributed by atoms with van der Waals surface area (Å²) in [6.07, 6.45) is 0. The van der Waals surface area contributed by atoms with Crippen molar-refractivity contribution < 1.29 is 14.3 Å². The molecule has 2 aromatic carbocycles. The van der Waals surface area contributed by atoms with E-state index in [1.165, 1.54) is 4.70 Å². The number of rotatable bonds is 6. The Morgan fingerprint density at radius 1 is 1.03 bits per heavy atom. The van der Waals surface area contributed by atoms with Gasteiger partial charge < -0.3 is 14.4 Å². The fourth-order valence-corrected chi connectivity index (χ4v) is 5.15. The van der Waals surface area contributed by atoms with Crippen LogP contribution in [0.15, 0.2) is 42.5 Å². The molecule has 3 aromatic rings. The molecule has 1 aromatic heterocycles. The minimum Gasteiger partial charge on any atom is -0.486 e. The molecule has 3 heterocycles. The molecule has 0 N–H and O–H groups in total. The number of likely N-dealkylation sites (N-methyl/N-ethyl adjacent to an activating group) is 1. The highest BCUT2D eigenvalue weighted by atomic mass is 32.1. The Morgan fingerprint density at radius 3 is 2.59 bits per heavy atom. The van der Waals surface area contributed by atoms with Gasteiger partial charge in [-0.3, -0.25) is 14.6 Å². The lowest BCUT2D eigenvalue weighted by Crippen LogP contribution is -2.49. The van der Waals surface area contributed by atoms with Crippen LogP contribution in [0.3, 0.4) is 0 Å². The van der Waals surface area contributed by atoms with E-state index in [1.807, 2.05) is 31.3 Å². The predicted molar refractivity (Wildman–Crippen MR) is 125 cm³/mol. The molecule has 168 valence electrons. The van der Waals surface area contributed by atoms with Crippen LogP contribution in [0.4, 0.5) is 0 Å². The van der Waals surface area contributed by atoms with Gasteiger partial charge in [-0.2, -0.15) is 0 Å². The summed E-state index contributed by atoms with van der Waals surface area (Å²) in [5.41, 5.74) is 2.13. The first-order chi connectivity index (χ1) is 15.6. The lowest BCUT2D eigenvalue weighted by molar-refractivity contribution is -0.132. The molecule has 1 saturated heterocycles. The highest BCUT2D eigenvalue weighted by Gasteiger charge is 2.22. The third kappa shape index (κ3) is 4.87. The minimum absolute atomic E-state index is 0.138. The predicted octanol–water partition coefficient (Wildman–Crippen LogP) is 2.84. The lowest BCUT2D eigenvalue weighted by Gasteiger charge is -2.34. The molecule has 0 saturated carbocycles. The summed E-state index contributed by atoms with van der Waals surface area (Å²) < 4.78 is 12.5. The standard InChI is InChI=1S/C24H28N4O3S/c1-26(15-18-6-7-20-21(14-18)31-13-12-30-20)24(29)17-28-10-8-27(9-11-28)16-23-25-19-4-2-3-5-22(19)32-23/h2-7,14H,8-13,15-17H2,1H3. The van der Waals surface area contributed by atoms with Crippen LogP contribution >= 0.6 is 11.3 Å². The quantitative estimate of drug-likeness (QED) is 0.573. The van der Waals surface area contributed by atoms with Gasteiger partial charge in [-0.1, -0.05) is 18.2 Å². The summed E-state index contributed by atoms with van der Waals surface area (Å²) in [6.45, 7) is 6.75. The molecule has 32 heavy (non-hydrogen) atoms. The molecule has 5 rings (SSSR count). The largest absolute Gasteiger partial charge is 0.486 e. The van der Waals surface area contributed by atoms with E-state index in [0.29, 0.717) is 26.3 Å². The molecule has 0 aliphatic carbocycles. The van der Waals surface area contributed by atoms with Gasteiger partial charge in [0.1, 0.15) is 18.2 Å². The second-order valence-electron chi connectivity index (χ2n) is 8.36. The smallest absolute Gasteiger partial charge is 0.236 e. The molecule has 1 amide bonds. The number of hydrogen-bond acceptors (Lipinski definition) is 7. The molecule has 2 aliphatic rings. The Labute approximate surface area is 192 Å². The Hall–Kier alpha value is -2.68. The second-order valence-corrected chi connectivity index (χ2v) is 9.47. The molecule has 1 fully saturated rings. The lowest BCUT2D eigenvalue weighted by atomic mass is 10.2. The van der Waals surface area contributed by atoms with Crippen molar-refractivity contribution in [2.45, 2.75) is 13.1 Å². The first-order valence-corrected chi connectivity index (χ1v) is 11.9. The zero-order valence-electron chi connectivity index (χ0n) is 18.3. The second kappa shape index (κ2) is 9.44. The van der Waals surface area contributed by atoms with Crippen LogP contribution in [0.5, 0.6) is 11.5 Å². The van der Waals surface area contributed by atoms with E-state index < -0.39 is 0 Å². The number of carbonyl (C=O) groups excluding carboxylic acids is 1. The van der Waals surface area contributed by atoms with Gasteiger partial charge in [0.2, 0.25) is 5.91 Å². The van der Waals surface area contributed by atoms with Crippen LogP contribution in [0.2, 0.25) is 0 Å². The van der Waals surface area contributed by atoms with Crippen molar-refractivity contribution in [1.82, 2.24) is 19.7 Å². The van der Waals surface area contributed by atoms with E-state index in [4.69, 9.17) is 14.5 Å². The molecule has 0 radical (unpaired) electrons. The third-order valence-corrected chi connectivity index (χ3v) is 6.99. The fraction of sp³-hybridized carbons (Fsp3) is 0.417. The summed E-state index contributed by atoms with van der Waals surface area (Å²) in [5, 5.41) is 1.16. The third-order valence-electron chi connectivity index (χ3n) is 5.97. The molecule has 0 spiro atoms. The zero-order chi connectivity index (χ0) is 21.9. The maximum atomic E-state index is 12.8. The average molecular weight is 453 g/mol. The van der Waals surface area contributed by atoms with E-state index in [-0.39, 0.29) is 5.91 Å². The molecular formula is C24H28N4O3S. The number of piperazine rings is 1. The van der Waals surface area contributed by atoms with Gasteiger partial charge in [0.25, 0.3) is 0 Å². The Morgan fingerprint density at radius 2 is 1.78 bits per heavy atom. The topological polar surface area (TPSA) is 58.1 Å². The minimum atomic E-state index is 0.138. The van der Waals surface area contributed by atoms with Crippen LogP contribution < -0.4 is 9.47 Å². The van der Waals surface area contributed by atoms with Crippen LogP contribution in [0, 0.1) is 0 Å². The fourth-order valence-electron chi connectivity index (χ4n) is 4.14. The molecule has 0 bridgehead atoms.